The Balaban J connectivity index is 1.63. The van der Waals surface area contributed by atoms with E-state index in [0.29, 0.717) is 25.0 Å². The van der Waals surface area contributed by atoms with Gasteiger partial charge in [-0.15, -0.1) is 0 Å². The molecule has 0 bridgehead atoms. The number of ether oxygens (including phenoxy) is 2. The van der Waals surface area contributed by atoms with E-state index in [0.717, 1.165) is 18.1 Å². The first-order chi connectivity index (χ1) is 12.8. The van der Waals surface area contributed by atoms with Crippen LogP contribution >= 0.6 is 0 Å². The highest BCUT2D eigenvalue weighted by atomic mass is 19.3. The summed E-state index contributed by atoms with van der Waals surface area (Å²) in [5, 5.41) is 0. The van der Waals surface area contributed by atoms with Gasteiger partial charge in [-0.25, -0.2) is 8.78 Å². The van der Waals surface area contributed by atoms with Crippen LogP contribution in [0.15, 0.2) is 24.8 Å². The molecule has 0 aromatic heterocycles. The lowest BCUT2D eigenvalue weighted by Crippen LogP contribution is -2.37. The van der Waals surface area contributed by atoms with Crippen molar-refractivity contribution in [1.82, 2.24) is 0 Å². The van der Waals surface area contributed by atoms with Crippen LogP contribution in [0.3, 0.4) is 0 Å². The smallest absolute Gasteiger partial charge is 0.271 e. The second-order valence-corrected chi connectivity index (χ2v) is 7.59. The zero-order valence-corrected chi connectivity index (χ0v) is 15.3. The summed E-state index contributed by atoms with van der Waals surface area (Å²) < 4.78 is 64.1. The molecular formula is C21H24F4O2. The molecule has 1 saturated heterocycles. The maximum Gasteiger partial charge on any atom is 0.271 e. The summed E-state index contributed by atoms with van der Waals surface area (Å²) in [5.41, 5.74) is -0.361. The third kappa shape index (κ3) is 4.79. The summed E-state index contributed by atoms with van der Waals surface area (Å²) in [4.78, 5) is 0. The Hall–Kier alpha value is -1.66. The average Bonchev–Trinajstić information content (AvgIpc) is 2.64. The molecule has 0 N–H and O–H groups in total. The zero-order chi connectivity index (χ0) is 19.6. The minimum absolute atomic E-state index is 0.136. The van der Waals surface area contributed by atoms with Crippen LogP contribution in [-0.2, 0) is 9.47 Å². The molecule has 1 aliphatic carbocycles. The van der Waals surface area contributed by atoms with E-state index in [1.807, 2.05) is 0 Å². The van der Waals surface area contributed by atoms with E-state index in [2.05, 4.69) is 13.5 Å². The summed E-state index contributed by atoms with van der Waals surface area (Å²) in [6.45, 7) is 7.12. The lowest BCUT2D eigenvalue weighted by molar-refractivity contribution is -0.180. The van der Waals surface area contributed by atoms with Crippen molar-refractivity contribution < 1.29 is 27.0 Å². The summed E-state index contributed by atoms with van der Waals surface area (Å²) in [7, 11) is 0. The molecule has 2 aliphatic rings. The van der Waals surface area contributed by atoms with Crippen molar-refractivity contribution in [3.8, 4) is 0 Å². The summed E-state index contributed by atoms with van der Waals surface area (Å²) in [6.07, 6.45) is 1.98. The highest BCUT2D eigenvalue weighted by Crippen LogP contribution is 2.36. The molecule has 0 amide bonds. The highest BCUT2D eigenvalue weighted by Gasteiger charge is 2.32. The molecule has 148 valence electrons. The second-order valence-electron chi connectivity index (χ2n) is 7.59. The van der Waals surface area contributed by atoms with Crippen LogP contribution in [0.2, 0.25) is 0 Å². The van der Waals surface area contributed by atoms with Crippen molar-refractivity contribution in [2.75, 3.05) is 13.2 Å². The van der Waals surface area contributed by atoms with Crippen molar-refractivity contribution in [2.45, 2.75) is 38.9 Å². The number of benzene rings is 1. The summed E-state index contributed by atoms with van der Waals surface area (Å²) in [6, 6.07) is 1.95. The van der Waals surface area contributed by atoms with Gasteiger partial charge < -0.3 is 9.47 Å². The van der Waals surface area contributed by atoms with Gasteiger partial charge in [0.15, 0.2) is 6.29 Å². The van der Waals surface area contributed by atoms with Crippen LogP contribution < -0.4 is 0 Å². The summed E-state index contributed by atoms with van der Waals surface area (Å²) in [5.74, 6) is -0.498. The third-order valence-electron chi connectivity index (χ3n) is 5.64. The fourth-order valence-corrected chi connectivity index (χ4v) is 3.90. The molecule has 0 spiro atoms. The van der Waals surface area contributed by atoms with Crippen molar-refractivity contribution in [2.24, 2.45) is 17.8 Å². The minimum atomic E-state index is -2.17. The Morgan fingerprint density at radius 2 is 1.56 bits per heavy atom. The molecule has 6 heteroatoms. The predicted molar refractivity (Wildman–Crippen MR) is 95.9 cm³/mol. The van der Waals surface area contributed by atoms with E-state index >= 15 is 0 Å². The first-order valence-corrected chi connectivity index (χ1v) is 9.29. The average molecular weight is 384 g/mol. The molecule has 0 radical (unpaired) electrons. The van der Waals surface area contributed by atoms with Gasteiger partial charge in [-0.2, -0.15) is 8.78 Å². The van der Waals surface area contributed by atoms with Crippen molar-refractivity contribution >= 4 is 11.6 Å². The Bertz CT molecular complexity index is 688. The lowest BCUT2D eigenvalue weighted by atomic mass is 9.76. The number of halogens is 4. The second kappa shape index (κ2) is 8.57. The van der Waals surface area contributed by atoms with Gasteiger partial charge in [0.05, 0.1) is 18.8 Å². The molecule has 3 rings (SSSR count). The lowest BCUT2D eigenvalue weighted by Gasteiger charge is -2.37. The molecule has 1 saturated carbocycles. The summed E-state index contributed by atoms with van der Waals surface area (Å²) >= 11 is 0. The van der Waals surface area contributed by atoms with Crippen molar-refractivity contribution in [3.05, 3.63) is 47.6 Å². The SMILES string of the molecule is C=C(c1cc(F)c(C=C(F)F)c(F)c1)C1OCC(C2CCC(C)CC2)CO1. The highest BCUT2D eigenvalue weighted by molar-refractivity contribution is 5.68. The van der Waals surface area contributed by atoms with Gasteiger partial charge in [0.2, 0.25) is 0 Å². The van der Waals surface area contributed by atoms with Gasteiger partial charge in [-0.3, -0.25) is 0 Å². The van der Waals surface area contributed by atoms with Gasteiger partial charge in [-0.1, -0.05) is 26.3 Å². The Kier molecular flexibility index (Phi) is 6.37. The molecule has 0 unspecified atom stereocenters. The van der Waals surface area contributed by atoms with Crippen LogP contribution in [-0.4, -0.2) is 19.5 Å². The molecule has 1 aromatic carbocycles. The van der Waals surface area contributed by atoms with Crippen LogP contribution in [0, 0.1) is 29.4 Å². The molecule has 27 heavy (non-hydrogen) atoms. The fraction of sp³-hybridized carbons (Fsp3) is 0.524. The molecule has 1 heterocycles. The Labute approximate surface area is 156 Å². The minimum Gasteiger partial charge on any atom is -0.348 e. The van der Waals surface area contributed by atoms with Gasteiger partial charge in [0.25, 0.3) is 6.08 Å². The standard InChI is InChI=1S/C21H24F4O2/c1-12-3-5-14(6-4-12)16-10-26-21(27-11-16)13(2)15-7-18(22)17(9-20(24)25)19(23)8-15/h7-9,12,14,16,21H,2-6,10-11H2,1H3. The number of hydrogen-bond donors (Lipinski definition) is 0. The van der Waals surface area contributed by atoms with Crippen LogP contribution in [0.25, 0.3) is 11.6 Å². The largest absolute Gasteiger partial charge is 0.348 e. The van der Waals surface area contributed by atoms with Gasteiger partial charge in [-0.05, 0) is 42.4 Å². The van der Waals surface area contributed by atoms with E-state index in [1.54, 1.807) is 0 Å². The van der Waals surface area contributed by atoms with E-state index in [1.165, 1.54) is 25.7 Å². The predicted octanol–water partition coefficient (Wildman–Crippen LogP) is 6.03. The van der Waals surface area contributed by atoms with Crippen LogP contribution in [0.1, 0.15) is 43.7 Å². The van der Waals surface area contributed by atoms with Crippen LogP contribution in [0.5, 0.6) is 0 Å². The Morgan fingerprint density at radius 3 is 2.07 bits per heavy atom. The van der Waals surface area contributed by atoms with E-state index in [4.69, 9.17) is 9.47 Å². The van der Waals surface area contributed by atoms with Gasteiger partial charge >= 0.3 is 0 Å². The Morgan fingerprint density at radius 1 is 1.00 bits per heavy atom. The van der Waals surface area contributed by atoms with E-state index in [9.17, 15) is 17.6 Å². The van der Waals surface area contributed by atoms with Crippen molar-refractivity contribution in [1.29, 1.82) is 0 Å². The molecule has 1 aromatic rings. The normalized spacial score (nSPS) is 28.6. The zero-order valence-electron chi connectivity index (χ0n) is 15.3. The van der Waals surface area contributed by atoms with E-state index in [-0.39, 0.29) is 17.2 Å². The monoisotopic (exact) mass is 384 g/mol. The molecule has 2 fully saturated rings. The number of hydrogen-bond acceptors (Lipinski definition) is 2. The fourth-order valence-electron chi connectivity index (χ4n) is 3.90. The maximum atomic E-state index is 14.0. The van der Waals surface area contributed by atoms with Crippen LogP contribution in [0.4, 0.5) is 17.6 Å². The van der Waals surface area contributed by atoms with Gasteiger partial charge in [0.1, 0.15) is 11.6 Å². The van der Waals surface area contributed by atoms with Gasteiger partial charge in [0, 0.05) is 17.6 Å². The first-order valence-electron chi connectivity index (χ1n) is 9.29. The van der Waals surface area contributed by atoms with E-state index < -0.39 is 29.6 Å². The molecular weight excluding hydrogens is 360 g/mol. The topological polar surface area (TPSA) is 18.5 Å². The molecule has 2 nitrogen and oxygen atoms in total. The first kappa shape index (κ1) is 20.1. The molecule has 0 atom stereocenters. The molecule has 1 aliphatic heterocycles. The maximum absolute atomic E-state index is 14.0. The quantitative estimate of drug-likeness (QED) is 0.590. The van der Waals surface area contributed by atoms with Crippen molar-refractivity contribution in [3.63, 3.8) is 0 Å². The third-order valence-corrected chi connectivity index (χ3v) is 5.64. The number of rotatable bonds is 4.